The predicted molar refractivity (Wildman–Crippen MR) is 80.7 cm³/mol. The van der Waals surface area contributed by atoms with E-state index in [0.717, 1.165) is 5.56 Å². The minimum absolute atomic E-state index is 0. The number of halogens is 1. The molecule has 5 nitrogen and oxygen atoms in total. The minimum atomic E-state index is -0.815. The molecule has 112 valence electrons. The number of nitrogens with one attached hydrogen (secondary N) is 1. The number of esters is 1. The standard InChI is InChI=1S/C14H20N2O3.ClH/c1-9(17)16-11-7-5-10(6-8-11)12(15)14(2,3)13(18)19-4;/h5-8,12H,15H2,1-4H3,(H,16,17);1H/t12-;/m0./s1. The molecule has 0 unspecified atom stereocenters. The lowest BCUT2D eigenvalue weighted by Gasteiger charge is -2.29. The first-order valence-electron chi connectivity index (χ1n) is 6.00. The molecule has 0 aromatic heterocycles. The first kappa shape index (κ1) is 18.4. The predicted octanol–water partition coefficient (Wildman–Crippen LogP) is 2.27. The number of hydrogen-bond acceptors (Lipinski definition) is 4. The molecule has 0 bridgehead atoms. The van der Waals surface area contributed by atoms with E-state index in [1.165, 1.54) is 14.0 Å². The normalized spacial score (nSPS) is 12.1. The van der Waals surface area contributed by atoms with E-state index in [2.05, 4.69) is 5.32 Å². The highest BCUT2D eigenvalue weighted by atomic mass is 35.5. The Labute approximate surface area is 125 Å². The zero-order valence-electron chi connectivity index (χ0n) is 12.1. The molecule has 1 amide bonds. The van der Waals surface area contributed by atoms with Gasteiger partial charge in [0.1, 0.15) is 0 Å². The number of ether oxygens (including phenoxy) is 1. The van der Waals surface area contributed by atoms with Crippen LogP contribution < -0.4 is 11.1 Å². The van der Waals surface area contributed by atoms with Crippen LogP contribution in [0.3, 0.4) is 0 Å². The lowest BCUT2D eigenvalue weighted by atomic mass is 9.81. The molecule has 0 aliphatic rings. The first-order chi connectivity index (χ1) is 8.78. The second-order valence-corrected chi connectivity index (χ2v) is 4.99. The molecule has 1 rings (SSSR count). The summed E-state index contributed by atoms with van der Waals surface area (Å²) in [4.78, 5) is 22.6. The average molecular weight is 301 g/mol. The van der Waals surface area contributed by atoms with Crippen LogP contribution >= 0.6 is 12.4 Å². The van der Waals surface area contributed by atoms with Crippen LogP contribution in [-0.2, 0) is 14.3 Å². The lowest BCUT2D eigenvalue weighted by Crippen LogP contribution is -2.37. The van der Waals surface area contributed by atoms with Gasteiger partial charge in [-0.3, -0.25) is 9.59 Å². The Bertz CT molecular complexity index is 472. The van der Waals surface area contributed by atoms with Crippen molar-refractivity contribution < 1.29 is 14.3 Å². The SMILES string of the molecule is COC(=O)C(C)(C)[C@@H](N)c1ccc(NC(C)=O)cc1.Cl. The molecule has 0 fully saturated rings. The highest BCUT2D eigenvalue weighted by molar-refractivity contribution is 5.88. The van der Waals surface area contributed by atoms with E-state index in [9.17, 15) is 9.59 Å². The van der Waals surface area contributed by atoms with Crippen molar-refractivity contribution in [2.75, 3.05) is 12.4 Å². The Morgan fingerprint density at radius 2 is 1.75 bits per heavy atom. The van der Waals surface area contributed by atoms with Gasteiger partial charge in [-0.2, -0.15) is 0 Å². The summed E-state index contributed by atoms with van der Waals surface area (Å²) in [5.74, 6) is -0.488. The highest BCUT2D eigenvalue weighted by Crippen LogP contribution is 2.32. The van der Waals surface area contributed by atoms with Crippen LogP contribution in [0.2, 0.25) is 0 Å². The van der Waals surface area contributed by atoms with Crippen LogP contribution in [0.1, 0.15) is 32.4 Å². The maximum Gasteiger partial charge on any atom is 0.313 e. The third-order valence-corrected chi connectivity index (χ3v) is 3.08. The maximum absolute atomic E-state index is 11.7. The van der Waals surface area contributed by atoms with E-state index in [1.807, 2.05) is 0 Å². The molecule has 0 spiro atoms. The van der Waals surface area contributed by atoms with Crippen molar-refractivity contribution in [3.8, 4) is 0 Å². The van der Waals surface area contributed by atoms with E-state index in [1.54, 1.807) is 38.1 Å². The zero-order chi connectivity index (χ0) is 14.6. The fourth-order valence-electron chi connectivity index (χ4n) is 1.78. The summed E-state index contributed by atoms with van der Waals surface area (Å²) in [5, 5.41) is 2.67. The first-order valence-corrected chi connectivity index (χ1v) is 6.00. The van der Waals surface area contributed by atoms with Crippen LogP contribution in [-0.4, -0.2) is 19.0 Å². The number of benzene rings is 1. The van der Waals surface area contributed by atoms with Gasteiger partial charge in [0.25, 0.3) is 0 Å². The molecular formula is C14H21ClN2O3. The van der Waals surface area contributed by atoms with E-state index in [0.29, 0.717) is 5.69 Å². The molecule has 0 saturated carbocycles. The summed E-state index contributed by atoms with van der Waals surface area (Å²) in [5.41, 5.74) is 6.80. The highest BCUT2D eigenvalue weighted by Gasteiger charge is 2.36. The van der Waals surface area contributed by atoms with Gasteiger partial charge in [-0.05, 0) is 31.5 Å². The van der Waals surface area contributed by atoms with E-state index < -0.39 is 11.5 Å². The maximum atomic E-state index is 11.7. The van der Waals surface area contributed by atoms with E-state index in [-0.39, 0.29) is 24.3 Å². The van der Waals surface area contributed by atoms with Crippen molar-refractivity contribution in [3.05, 3.63) is 29.8 Å². The Morgan fingerprint density at radius 3 is 2.15 bits per heavy atom. The number of amides is 1. The fraction of sp³-hybridized carbons (Fsp3) is 0.429. The molecule has 0 aliphatic carbocycles. The molecule has 20 heavy (non-hydrogen) atoms. The van der Waals surface area contributed by atoms with Crippen LogP contribution in [0.15, 0.2) is 24.3 Å². The molecule has 1 aromatic carbocycles. The fourth-order valence-corrected chi connectivity index (χ4v) is 1.78. The molecule has 1 aromatic rings. The summed E-state index contributed by atoms with van der Waals surface area (Å²) in [7, 11) is 1.34. The quantitative estimate of drug-likeness (QED) is 0.836. The van der Waals surface area contributed by atoms with E-state index in [4.69, 9.17) is 10.5 Å². The van der Waals surface area contributed by atoms with Gasteiger partial charge in [0, 0.05) is 18.7 Å². The monoisotopic (exact) mass is 300 g/mol. The number of rotatable bonds is 4. The Balaban J connectivity index is 0.00000361. The van der Waals surface area contributed by atoms with Crippen LogP contribution in [0.25, 0.3) is 0 Å². The number of carbonyl (C=O) groups excluding carboxylic acids is 2. The molecule has 3 N–H and O–H groups in total. The van der Waals surface area contributed by atoms with Crippen molar-refractivity contribution in [3.63, 3.8) is 0 Å². The largest absolute Gasteiger partial charge is 0.469 e. The van der Waals surface area contributed by atoms with Crippen molar-refractivity contribution in [1.82, 2.24) is 0 Å². The van der Waals surface area contributed by atoms with Crippen molar-refractivity contribution in [1.29, 1.82) is 0 Å². The molecule has 0 aliphatic heterocycles. The number of methoxy groups -OCH3 is 1. The van der Waals surface area contributed by atoms with Gasteiger partial charge in [-0.1, -0.05) is 12.1 Å². The van der Waals surface area contributed by atoms with Crippen LogP contribution in [0.4, 0.5) is 5.69 Å². The molecular weight excluding hydrogens is 280 g/mol. The Morgan fingerprint density at radius 1 is 1.25 bits per heavy atom. The van der Waals surface area contributed by atoms with Crippen molar-refractivity contribution in [2.45, 2.75) is 26.8 Å². The summed E-state index contributed by atoms with van der Waals surface area (Å²) < 4.78 is 4.76. The van der Waals surface area contributed by atoms with Gasteiger partial charge in [0.15, 0.2) is 0 Å². The van der Waals surface area contributed by atoms with Gasteiger partial charge < -0.3 is 15.8 Å². The van der Waals surface area contributed by atoms with Gasteiger partial charge in [0.2, 0.25) is 5.91 Å². The van der Waals surface area contributed by atoms with Gasteiger partial charge >= 0.3 is 5.97 Å². The summed E-state index contributed by atoms with van der Waals surface area (Å²) in [6, 6.07) is 6.61. The van der Waals surface area contributed by atoms with Gasteiger partial charge in [-0.25, -0.2) is 0 Å². The lowest BCUT2D eigenvalue weighted by molar-refractivity contribution is -0.152. The zero-order valence-corrected chi connectivity index (χ0v) is 12.9. The Hall–Kier alpha value is -1.59. The minimum Gasteiger partial charge on any atom is -0.469 e. The van der Waals surface area contributed by atoms with Crippen LogP contribution in [0, 0.1) is 5.41 Å². The van der Waals surface area contributed by atoms with Crippen molar-refractivity contribution >= 4 is 30.0 Å². The Kier molecular flexibility index (Phi) is 6.68. The smallest absolute Gasteiger partial charge is 0.313 e. The topological polar surface area (TPSA) is 81.4 Å². The molecule has 0 radical (unpaired) electrons. The molecule has 6 heteroatoms. The third-order valence-electron chi connectivity index (χ3n) is 3.08. The summed E-state index contributed by atoms with van der Waals surface area (Å²) in [6.07, 6.45) is 0. The molecule has 1 atom stereocenters. The molecule has 0 saturated heterocycles. The average Bonchev–Trinajstić information content (AvgIpc) is 2.37. The molecule has 0 heterocycles. The van der Waals surface area contributed by atoms with Crippen molar-refractivity contribution in [2.24, 2.45) is 11.1 Å². The number of anilines is 1. The van der Waals surface area contributed by atoms with Gasteiger partial charge in [0.05, 0.1) is 12.5 Å². The van der Waals surface area contributed by atoms with E-state index >= 15 is 0 Å². The number of hydrogen-bond donors (Lipinski definition) is 2. The third kappa shape index (κ3) is 4.21. The number of nitrogens with two attached hydrogens (primary N) is 1. The van der Waals surface area contributed by atoms with Crippen LogP contribution in [0.5, 0.6) is 0 Å². The second kappa shape index (κ2) is 7.26. The second-order valence-electron chi connectivity index (χ2n) is 4.99. The number of carbonyl (C=O) groups is 2. The summed E-state index contributed by atoms with van der Waals surface area (Å²) in [6.45, 7) is 4.93. The van der Waals surface area contributed by atoms with Gasteiger partial charge in [-0.15, -0.1) is 12.4 Å². The summed E-state index contributed by atoms with van der Waals surface area (Å²) >= 11 is 0.